The molecule has 2 heteroatoms. The molecule has 1 saturated carbocycles. The van der Waals surface area contributed by atoms with Crippen LogP contribution in [-0.2, 0) is 4.79 Å². The van der Waals surface area contributed by atoms with Gasteiger partial charge in [0, 0.05) is 31.0 Å². The topological polar surface area (TPSA) is 20.3 Å². The molecule has 2 nitrogen and oxygen atoms in total. The second-order valence-electron chi connectivity index (χ2n) is 5.21. The molecule has 2 unspecified atom stereocenters. The van der Waals surface area contributed by atoms with Crippen molar-refractivity contribution in [2.75, 3.05) is 6.54 Å². The highest BCUT2D eigenvalue weighted by atomic mass is 16.1. The van der Waals surface area contributed by atoms with Gasteiger partial charge in [-0.1, -0.05) is 13.8 Å². The van der Waals surface area contributed by atoms with E-state index in [-0.39, 0.29) is 5.92 Å². The van der Waals surface area contributed by atoms with Gasteiger partial charge in [0.05, 0.1) is 0 Å². The lowest BCUT2D eigenvalue weighted by molar-refractivity contribution is -0.130. The van der Waals surface area contributed by atoms with Crippen LogP contribution in [0.3, 0.4) is 0 Å². The van der Waals surface area contributed by atoms with E-state index in [4.69, 9.17) is 0 Å². The zero-order chi connectivity index (χ0) is 10.3. The fraction of sp³-hybridized carbons (Fsp3) is 0.917. The van der Waals surface area contributed by atoms with Crippen LogP contribution >= 0.6 is 0 Å². The quantitative estimate of drug-likeness (QED) is 0.638. The van der Waals surface area contributed by atoms with Crippen LogP contribution in [-0.4, -0.2) is 29.3 Å². The molecular weight excluding hydrogens is 174 g/mol. The molecule has 80 valence electrons. The van der Waals surface area contributed by atoms with Gasteiger partial charge in [0.25, 0.3) is 0 Å². The van der Waals surface area contributed by atoms with Gasteiger partial charge < -0.3 is 0 Å². The normalized spacial score (nSPS) is 44.9. The van der Waals surface area contributed by atoms with Gasteiger partial charge in [-0.2, -0.15) is 0 Å². The van der Waals surface area contributed by atoms with Crippen LogP contribution in [0.2, 0.25) is 0 Å². The van der Waals surface area contributed by atoms with Gasteiger partial charge in [-0.3, -0.25) is 9.69 Å². The Balaban J connectivity index is 1.96. The monoisotopic (exact) mass is 195 g/mol. The van der Waals surface area contributed by atoms with E-state index in [9.17, 15) is 4.79 Å². The minimum Gasteiger partial charge on any atom is -0.299 e. The van der Waals surface area contributed by atoms with Crippen molar-refractivity contribution in [2.24, 2.45) is 11.8 Å². The number of likely N-dealkylation sites (tertiary alicyclic amines) is 1. The largest absolute Gasteiger partial charge is 0.299 e. The maximum absolute atomic E-state index is 11.5. The zero-order valence-electron chi connectivity index (χ0n) is 9.49. The molecule has 1 heterocycles. The molecule has 0 aromatic rings. The molecule has 1 aliphatic carbocycles. The molecule has 0 N–H and O–H groups in total. The van der Waals surface area contributed by atoms with Crippen LogP contribution in [0.1, 0.15) is 40.0 Å². The van der Waals surface area contributed by atoms with E-state index in [1.54, 1.807) is 0 Å². The first-order valence-corrected chi connectivity index (χ1v) is 5.88. The maximum Gasteiger partial charge on any atom is 0.138 e. The molecule has 14 heavy (non-hydrogen) atoms. The number of carbonyl (C=O) groups is 1. The van der Waals surface area contributed by atoms with Crippen molar-refractivity contribution in [3.63, 3.8) is 0 Å². The van der Waals surface area contributed by atoms with Gasteiger partial charge in [-0.25, -0.2) is 0 Å². The van der Waals surface area contributed by atoms with Gasteiger partial charge in [0.2, 0.25) is 0 Å². The standard InChI is InChI=1S/C12H21NO/c1-8-6-11(7-8)13-5-4-12(14)9(2)10(13)3/h8-11H,4-7H2,1-3H3. The summed E-state index contributed by atoms with van der Waals surface area (Å²) in [4.78, 5) is 14.1. The van der Waals surface area contributed by atoms with Gasteiger partial charge >= 0.3 is 0 Å². The van der Waals surface area contributed by atoms with E-state index >= 15 is 0 Å². The van der Waals surface area contributed by atoms with Crippen molar-refractivity contribution in [3.05, 3.63) is 0 Å². The molecule has 0 amide bonds. The number of carbonyl (C=O) groups excluding carboxylic acids is 1. The van der Waals surface area contributed by atoms with Crippen molar-refractivity contribution in [1.82, 2.24) is 4.90 Å². The van der Waals surface area contributed by atoms with Gasteiger partial charge in [-0.15, -0.1) is 0 Å². The minimum atomic E-state index is 0.250. The van der Waals surface area contributed by atoms with E-state index < -0.39 is 0 Å². The third-order valence-corrected chi connectivity index (χ3v) is 4.19. The Morgan fingerprint density at radius 2 is 1.86 bits per heavy atom. The van der Waals surface area contributed by atoms with Gasteiger partial charge in [-0.05, 0) is 25.7 Å². The third-order valence-electron chi connectivity index (χ3n) is 4.19. The summed E-state index contributed by atoms with van der Waals surface area (Å²) in [6, 6.07) is 1.24. The number of ketones is 1. The number of hydrogen-bond acceptors (Lipinski definition) is 2. The Hall–Kier alpha value is -0.370. The molecule has 2 aliphatic rings. The fourth-order valence-corrected chi connectivity index (χ4v) is 2.87. The third kappa shape index (κ3) is 1.60. The summed E-state index contributed by atoms with van der Waals surface area (Å²) in [5.41, 5.74) is 0. The highest BCUT2D eigenvalue weighted by molar-refractivity contribution is 5.82. The number of nitrogens with zero attached hydrogens (tertiary/aromatic N) is 1. The average molecular weight is 195 g/mol. The minimum absolute atomic E-state index is 0.250. The molecule has 0 spiro atoms. The molecule has 2 rings (SSSR count). The lowest BCUT2D eigenvalue weighted by atomic mass is 9.78. The number of rotatable bonds is 1. The van der Waals surface area contributed by atoms with E-state index in [0.29, 0.717) is 11.8 Å². The lowest BCUT2D eigenvalue weighted by Crippen LogP contribution is -2.55. The van der Waals surface area contributed by atoms with E-state index in [1.807, 2.05) is 0 Å². The van der Waals surface area contributed by atoms with Crippen molar-refractivity contribution < 1.29 is 4.79 Å². The molecule has 0 bridgehead atoms. The van der Waals surface area contributed by atoms with Crippen LogP contribution in [0, 0.1) is 11.8 Å². The highest BCUT2D eigenvalue weighted by Gasteiger charge is 2.38. The summed E-state index contributed by atoms with van der Waals surface area (Å²) in [6.07, 6.45) is 3.45. The molecular formula is C12H21NO. The van der Waals surface area contributed by atoms with E-state index in [0.717, 1.165) is 24.9 Å². The first-order valence-electron chi connectivity index (χ1n) is 5.88. The first kappa shape index (κ1) is 10.2. The SMILES string of the molecule is CC1CC(N2CCC(=O)C(C)C2C)C1. The highest BCUT2D eigenvalue weighted by Crippen LogP contribution is 2.35. The Morgan fingerprint density at radius 3 is 2.43 bits per heavy atom. The van der Waals surface area contributed by atoms with Crippen molar-refractivity contribution >= 4 is 5.78 Å². The van der Waals surface area contributed by atoms with Crippen LogP contribution < -0.4 is 0 Å². The Bertz CT molecular complexity index is 232. The second-order valence-corrected chi connectivity index (χ2v) is 5.21. The number of Topliss-reactive ketones (excluding diaryl/α,β-unsaturated/α-hetero) is 1. The van der Waals surface area contributed by atoms with Crippen LogP contribution in [0.4, 0.5) is 0 Å². The fourth-order valence-electron chi connectivity index (χ4n) is 2.87. The number of hydrogen-bond donors (Lipinski definition) is 0. The Kier molecular flexibility index (Phi) is 2.65. The molecule has 1 saturated heterocycles. The van der Waals surface area contributed by atoms with Crippen molar-refractivity contribution in [1.29, 1.82) is 0 Å². The van der Waals surface area contributed by atoms with Crippen LogP contribution in [0.5, 0.6) is 0 Å². The summed E-state index contributed by atoms with van der Waals surface area (Å²) in [7, 11) is 0. The van der Waals surface area contributed by atoms with Crippen molar-refractivity contribution in [2.45, 2.75) is 52.1 Å². The average Bonchev–Trinajstić information content (AvgIpc) is 2.11. The Morgan fingerprint density at radius 1 is 1.21 bits per heavy atom. The van der Waals surface area contributed by atoms with Crippen LogP contribution in [0.25, 0.3) is 0 Å². The predicted molar refractivity (Wildman–Crippen MR) is 57.1 cm³/mol. The summed E-state index contributed by atoms with van der Waals surface area (Å²) >= 11 is 0. The first-order chi connectivity index (χ1) is 6.59. The summed E-state index contributed by atoms with van der Waals surface area (Å²) in [5.74, 6) is 1.61. The molecule has 0 aromatic carbocycles. The van der Waals surface area contributed by atoms with Gasteiger partial charge in [0.1, 0.15) is 5.78 Å². The number of piperidine rings is 1. The molecule has 2 fully saturated rings. The molecule has 0 aromatic heterocycles. The predicted octanol–water partition coefficient (Wildman–Crippen LogP) is 2.08. The van der Waals surface area contributed by atoms with E-state index in [1.165, 1.54) is 12.8 Å². The summed E-state index contributed by atoms with van der Waals surface area (Å²) < 4.78 is 0. The van der Waals surface area contributed by atoms with Crippen molar-refractivity contribution in [3.8, 4) is 0 Å². The van der Waals surface area contributed by atoms with E-state index in [2.05, 4.69) is 25.7 Å². The Labute approximate surface area is 86.7 Å². The summed E-state index contributed by atoms with van der Waals surface area (Å²) in [6.45, 7) is 7.62. The second kappa shape index (κ2) is 3.65. The smallest absolute Gasteiger partial charge is 0.138 e. The maximum atomic E-state index is 11.5. The molecule has 1 aliphatic heterocycles. The summed E-state index contributed by atoms with van der Waals surface area (Å²) in [5, 5.41) is 0. The molecule has 2 atom stereocenters. The lowest BCUT2D eigenvalue weighted by Gasteiger charge is -2.48. The van der Waals surface area contributed by atoms with Crippen LogP contribution in [0.15, 0.2) is 0 Å². The molecule has 0 radical (unpaired) electrons. The zero-order valence-corrected chi connectivity index (χ0v) is 9.49. The van der Waals surface area contributed by atoms with Gasteiger partial charge in [0.15, 0.2) is 0 Å².